The smallest absolute Gasteiger partial charge is 0.314 e. The number of benzene rings is 1. The van der Waals surface area contributed by atoms with Crippen LogP contribution in [0.5, 0.6) is 0 Å². The van der Waals surface area contributed by atoms with Crippen LogP contribution in [0.4, 0.5) is 0 Å². The summed E-state index contributed by atoms with van der Waals surface area (Å²) in [6.07, 6.45) is 1.49. The van der Waals surface area contributed by atoms with Crippen molar-refractivity contribution in [2.45, 2.75) is 32.2 Å². The zero-order valence-electron chi connectivity index (χ0n) is 10.7. The van der Waals surface area contributed by atoms with E-state index in [2.05, 4.69) is 10.2 Å². The first-order valence-corrected chi connectivity index (χ1v) is 6.40. The molecule has 5 nitrogen and oxygen atoms in total. The molecule has 0 amide bonds. The third-order valence-corrected chi connectivity index (χ3v) is 3.57. The molecule has 0 fully saturated rings. The molecule has 19 heavy (non-hydrogen) atoms. The molecule has 2 heterocycles. The second kappa shape index (κ2) is 4.50. The van der Waals surface area contributed by atoms with Crippen LogP contribution in [-0.4, -0.2) is 25.8 Å². The number of carboxylic acids is 1. The first kappa shape index (κ1) is 11.9. The summed E-state index contributed by atoms with van der Waals surface area (Å²) in [5.74, 6) is -0.000436. The van der Waals surface area contributed by atoms with Crippen molar-refractivity contribution < 1.29 is 9.90 Å². The highest BCUT2D eigenvalue weighted by molar-refractivity contribution is 5.75. The Morgan fingerprint density at radius 1 is 1.32 bits per heavy atom. The Morgan fingerprint density at radius 2 is 2.05 bits per heavy atom. The van der Waals surface area contributed by atoms with E-state index >= 15 is 0 Å². The van der Waals surface area contributed by atoms with Gasteiger partial charge in [-0.05, 0) is 19.8 Å². The number of hydrogen-bond donors (Lipinski definition) is 1. The quantitative estimate of drug-likeness (QED) is 0.895. The maximum absolute atomic E-state index is 11.2. The summed E-state index contributed by atoms with van der Waals surface area (Å²) in [5, 5.41) is 17.5. The molecule has 0 bridgehead atoms. The van der Waals surface area contributed by atoms with Gasteiger partial charge < -0.3 is 9.67 Å². The normalized spacial score (nSPS) is 18.1. The van der Waals surface area contributed by atoms with Gasteiger partial charge in [0.25, 0.3) is 0 Å². The molecule has 0 saturated carbocycles. The number of carbonyl (C=O) groups is 1. The largest absolute Gasteiger partial charge is 0.481 e. The first-order valence-electron chi connectivity index (χ1n) is 6.40. The van der Waals surface area contributed by atoms with Crippen molar-refractivity contribution in [1.29, 1.82) is 0 Å². The van der Waals surface area contributed by atoms with E-state index < -0.39 is 11.9 Å². The Labute approximate surface area is 110 Å². The predicted molar refractivity (Wildman–Crippen MR) is 69.8 cm³/mol. The SMILES string of the molecule is Cc1ccc(-c2nnc3n2CCCC3C(=O)O)cc1. The Kier molecular flexibility index (Phi) is 2.81. The van der Waals surface area contributed by atoms with Gasteiger partial charge in [0, 0.05) is 12.1 Å². The number of nitrogens with zero attached hydrogens (tertiary/aromatic N) is 3. The summed E-state index contributed by atoms with van der Waals surface area (Å²) < 4.78 is 1.94. The molecule has 1 aliphatic heterocycles. The summed E-state index contributed by atoms with van der Waals surface area (Å²) in [4.78, 5) is 11.2. The highest BCUT2D eigenvalue weighted by atomic mass is 16.4. The summed E-state index contributed by atoms with van der Waals surface area (Å²) in [6, 6.07) is 8.04. The van der Waals surface area contributed by atoms with Crippen LogP contribution in [0.25, 0.3) is 11.4 Å². The molecular formula is C14H15N3O2. The Morgan fingerprint density at radius 3 is 2.74 bits per heavy atom. The number of rotatable bonds is 2. The maximum Gasteiger partial charge on any atom is 0.314 e. The standard InChI is InChI=1S/C14H15N3O2/c1-9-4-6-10(7-5-9)12-15-16-13-11(14(18)19)3-2-8-17(12)13/h4-7,11H,2-3,8H2,1H3,(H,18,19). The molecule has 1 aromatic heterocycles. The highest BCUT2D eigenvalue weighted by Crippen LogP contribution is 2.30. The van der Waals surface area contributed by atoms with E-state index in [0.29, 0.717) is 12.2 Å². The van der Waals surface area contributed by atoms with E-state index in [1.165, 1.54) is 5.56 Å². The number of carboxylic acid groups (broad SMARTS) is 1. The van der Waals surface area contributed by atoms with Crippen LogP contribution in [0.2, 0.25) is 0 Å². The zero-order chi connectivity index (χ0) is 13.4. The molecule has 0 spiro atoms. The molecule has 1 unspecified atom stereocenters. The van der Waals surface area contributed by atoms with Crippen LogP contribution in [0.3, 0.4) is 0 Å². The van der Waals surface area contributed by atoms with Crippen LogP contribution in [0.1, 0.15) is 30.1 Å². The topological polar surface area (TPSA) is 68.0 Å². The lowest BCUT2D eigenvalue weighted by Gasteiger charge is -2.20. The average molecular weight is 257 g/mol. The van der Waals surface area contributed by atoms with Crippen molar-refractivity contribution in [2.24, 2.45) is 0 Å². The average Bonchev–Trinajstić information content (AvgIpc) is 2.83. The summed E-state index contributed by atoms with van der Waals surface area (Å²) >= 11 is 0. The van der Waals surface area contributed by atoms with Gasteiger partial charge in [0.2, 0.25) is 0 Å². The van der Waals surface area contributed by atoms with Gasteiger partial charge in [0.1, 0.15) is 11.7 Å². The van der Waals surface area contributed by atoms with Crippen molar-refractivity contribution in [3.05, 3.63) is 35.7 Å². The van der Waals surface area contributed by atoms with Crippen molar-refractivity contribution in [1.82, 2.24) is 14.8 Å². The van der Waals surface area contributed by atoms with Gasteiger partial charge in [-0.15, -0.1) is 10.2 Å². The molecule has 1 aromatic carbocycles. The summed E-state index contributed by atoms with van der Waals surface area (Å²) in [6.45, 7) is 2.82. The maximum atomic E-state index is 11.2. The molecule has 1 aliphatic rings. The minimum Gasteiger partial charge on any atom is -0.481 e. The Balaban J connectivity index is 2.05. The van der Waals surface area contributed by atoms with Crippen LogP contribution in [-0.2, 0) is 11.3 Å². The van der Waals surface area contributed by atoms with E-state index in [1.54, 1.807) is 0 Å². The van der Waals surface area contributed by atoms with E-state index in [0.717, 1.165) is 24.4 Å². The van der Waals surface area contributed by atoms with E-state index in [4.69, 9.17) is 0 Å². The fourth-order valence-electron chi connectivity index (χ4n) is 2.53. The molecule has 1 N–H and O–H groups in total. The van der Waals surface area contributed by atoms with Crippen molar-refractivity contribution in [3.63, 3.8) is 0 Å². The Bertz CT molecular complexity index is 616. The number of hydrogen-bond acceptors (Lipinski definition) is 3. The number of aromatic nitrogens is 3. The van der Waals surface area contributed by atoms with Crippen LogP contribution in [0, 0.1) is 6.92 Å². The second-order valence-electron chi connectivity index (χ2n) is 4.93. The molecule has 1 atom stereocenters. The minimum absolute atomic E-state index is 0.527. The zero-order valence-corrected chi connectivity index (χ0v) is 10.7. The van der Waals surface area contributed by atoms with E-state index in [-0.39, 0.29) is 0 Å². The van der Waals surface area contributed by atoms with Gasteiger partial charge >= 0.3 is 5.97 Å². The van der Waals surface area contributed by atoms with Gasteiger partial charge in [0.15, 0.2) is 5.82 Å². The molecule has 0 aliphatic carbocycles. The molecule has 0 saturated heterocycles. The van der Waals surface area contributed by atoms with Gasteiger partial charge in [-0.25, -0.2) is 0 Å². The number of aryl methyl sites for hydroxylation is 1. The first-order chi connectivity index (χ1) is 9.16. The molecular weight excluding hydrogens is 242 g/mol. The van der Waals surface area contributed by atoms with Crippen LogP contribution < -0.4 is 0 Å². The van der Waals surface area contributed by atoms with Crippen molar-refractivity contribution in [3.8, 4) is 11.4 Å². The third kappa shape index (κ3) is 2.01. The second-order valence-corrected chi connectivity index (χ2v) is 4.93. The molecule has 98 valence electrons. The number of aliphatic carboxylic acids is 1. The van der Waals surface area contributed by atoms with Gasteiger partial charge in [-0.3, -0.25) is 4.79 Å². The van der Waals surface area contributed by atoms with Gasteiger partial charge in [-0.2, -0.15) is 0 Å². The summed E-state index contributed by atoms with van der Waals surface area (Å²) in [5.41, 5.74) is 2.17. The fraction of sp³-hybridized carbons (Fsp3) is 0.357. The molecule has 5 heteroatoms. The summed E-state index contributed by atoms with van der Waals surface area (Å²) in [7, 11) is 0. The lowest BCUT2D eigenvalue weighted by molar-refractivity contribution is -0.139. The van der Waals surface area contributed by atoms with Gasteiger partial charge in [0.05, 0.1) is 0 Å². The minimum atomic E-state index is -0.816. The Hall–Kier alpha value is -2.17. The fourth-order valence-corrected chi connectivity index (χ4v) is 2.53. The van der Waals surface area contributed by atoms with E-state index in [9.17, 15) is 9.90 Å². The van der Waals surface area contributed by atoms with Crippen molar-refractivity contribution >= 4 is 5.97 Å². The molecule has 2 aromatic rings. The van der Waals surface area contributed by atoms with Crippen LogP contribution in [0.15, 0.2) is 24.3 Å². The third-order valence-electron chi connectivity index (χ3n) is 3.57. The predicted octanol–water partition coefficient (Wildman–Crippen LogP) is 2.22. The number of fused-ring (bicyclic) bond motifs is 1. The highest BCUT2D eigenvalue weighted by Gasteiger charge is 2.30. The van der Waals surface area contributed by atoms with E-state index in [1.807, 2.05) is 35.8 Å². The lowest BCUT2D eigenvalue weighted by atomic mass is 9.99. The molecule has 0 radical (unpaired) electrons. The van der Waals surface area contributed by atoms with Crippen molar-refractivity contribution in [2.75, 3.05) is 0 Å². The van der Waals surface area contributed by atoms with Crippen LogP contribution >= 0.6 is 0 Å². The molecule has 3 rings (SSSR count). The van der Waals surface area contributed by atoms with Gasteiger partial charge in [-0.1, -0.05) is 29.8 Å². The lowest BCUT2D eigenvalue weighted by Crippen LogP contribution is -2.22. The monoisotopic (exact) mass is 257 g/mol.